The summed E-state index contributed by atoms with van der Waals surface area (Å²) < 4.78 is 5.79. The first-order valence-corrected chi connectivity index (χ1v) is 10.8. The summed E-state index contributed by atoms with van der Waals surface area (Å²) >= 11 is 7.57. The molecule has 1 aliphatic carbocycles. The quantitative estimate of drug-likeness (QED) is 0.567. The van der Waals surface area contributed by atoms with Crippen molar-refractivity contribution in [3.05, 3.63) is 15.7 Å². The zero-order valence-electron chi connectivity index (χ0n) is 15.8. The fraction of sp³-hybridized carbons (Fsp3) is 0.632. The first-order chi connectivity index (χ1) is 13.0. The van der Waals surface area contributed by atoms with E-state index < -0.39 is 0 Å². The number of aryl methyl sites for hydroxylation is 1. The molecule has 0 atom stereocenters. The van der Waals surface area contributed by atoms with Crippen LogP contribution < -0.4 is 4.90 Å². The van der Waals surface area contributed by atoms with Crippen molar-refractivity contribution in [2.45, 2.75) is 45.1 Å². The number of esters is 1. The predicted octanol–water partition coefficient (Wildman–Crippen LogP) is 3.89. The molecule has 1 saturated heterocycles. The Kier molecular flexibility index (Phi) is 5.53. The van der Waals surface area contributed by atoms with Crippen LogP contribution in [0.1, 0.15) is 47.3 Å². The molecule has 1 saturated carbocycles. The van der Waals surface area contributed by atoms with E-state index in [1.807, 2.05) is 6.92 Å². The predicted molar refractivity (Wildman–Crippen MR) is 109 cm³/mol. The molecule has 1 aliphatic heterocycles. The Morgan fingerprint density at radius 3 is 2.56 bits per heavy atom. The zero-order valence-corrected chi connectivity index (χ0v) is 17.4. The Morgan fingerprint density at radius 1 is 1.15 bits per heavy atom. The Hall–Kier alpha value is -1.44. The summed E-state index contributed by atoms with van der Waals surface area (Å²) in [6.07, 6.45) is 5.48. The van der Waals surface area contributed by atoms with Crippen LogP contribution in [0.3, 0.4) is 0 Å². The van der Waals surface area contributed by atoms with Crippen molar-refractivity contribution in [2.24, 2.45) is 0 Å². The van der Waals surface area contributed by atoms with Crippen LogP contribution in [-0.4, -0.2) is 60.2 Å². The third-order valence-electron chi connectivity index (χ3n) is 5.56. The van der Waals surface area contributed by atoms with Crippen molar-refractivity contribution in [3.8, 4) is 0 Å². The van der Waals surface area contributed by atoms with Gasteiger partial charge in [-0.1, -0.05) is 6.42 Å². The summed E-state index contributed by atoms with van der Waals surface area (Å²) in [5.41, 5.74) is 0.904. The first-order valence-electron chi connectivity index (χ1n) is 9.64. The lowest BCUT2D eigenvalue weighted by atomic mass is 9.98. The van der Waals surface area contributed by atoms with Crippen molar-refractivity contribution >= 4 is 44.9 Å². The summed E-state index contributed by atoms with van der Waals surface area (Å²) in [6, 6.07) is 0. The maximum Gasteiger partial charge on any atom is 0.348 e. The zero-order chi connectivity index (χ0) is 19.0. The first kappa shape index (κ1) is 18.9. The number of carbonyl (C=O) groups is 1. The van der Waals surface area contributed by atoms with E-state index in [0.29, 0.717) is 4.88 Å². The van der Waals surface area contributed by atoms with Gasteiger partial charge in [-0.05, 0) is 56.8 Å². The summed E-state index contributed by atoms with van der Waals surface area (Å²) in [5.74, 6) is 0.603. The molecule has 0 aromatic carbocycles. The van der Waals surface area contributed by atoms with Gasteiger partial charge in [-0.25, -0.2) is 9.78 Å². The lowest BCUT2D eigenvalue weighted by Gasteiger charge is -2.33. The minimum absolute atomic E-state index is 0.0441. The minimum atomic E-state index is -0.233. The van der Waals surface area contributed by atoms with Gasteiger partial charge >= 0.3 is 5.97 Å². The number of thiophene rings is 1. The van der Waals surface area contributed by atoms with Gasteiger partial charge in [0.25, 0.3) is 0 Å². The van der Waals surface area contributed by atoms with Crippen molar-refractivity contribution in [1.82, 2.24) is 14.9 Å². The Bertz CT molecular complexity index is 842. The van der Waals surface area contributed by atoms with Crippen LogP contribution in [0.15, 0.2) is 0 Å². The van der Waals surface area contributed by atoms with E-state index in [1.54, 1.807) is 0 Å². The summed E-state index contributed by atoms with van der Waals surface area (Å²) in [6.45, 7) is 5.69. The molecule has 8 heteroatoms. The van der Waals surface area contributed by atoms with Gasteiger partial charge in [-0.2, -0.15) is 4.98 Å². The molecule has 2 aliphatic rings. The van der Waals surface area contributed by atoms with E-state index in [1.165, 1.54) is 17.8 Å². The number of ether oxygens (including phenoxy) is 1. The molecule has 27 heavy (non-hydrogen) atoms. The highest BCUT2D eigenvalue weighted by molar-refractivity contribution is 7.20. The van der Waals surface area contributed by atoms with E-state index in [9.17, 15) is 4.79 Å². The number of nitrogens with zero attached hydrogens (tertiary/aromatic N) is 4. The Labute approximate surface area is 168 Å². The molecule has 146 valence electrons. The van der Waals surface area contributed by atoms with Crippen LogP contribution in [0.2, 0.25) is 5.28 Å². The van der Waals surface area contributed by atoms with Crippen LogP contribution in [0, 0.1) is 6.92 Å². The molecule has 0 unspecified atom stereocenters. The molecule has 4 rings (SSSR count). The summed E-state index contributed by atoms with van der Waals surface area (Å²) in [4.78, 5) is 27.6. The molecule has 6 nitrogen and oxygen atoms in total. The largest absolute Gasteiger partial charge is 0.458 e. The van der Waals surface area contributed by atoms with Crippen molar-refractivity contribution in [3.63, 3.8) is 0 Å². The number of fused-ring (bicyclic) bond motifs is 1. The molecule has 0 N–H and O–H groups in total. The van der Waals surface area contributed by atoms with Gasteiger partial charge in [0, 0.05) is 26.2 Å². The average Bonchev–Trinajstić information content (AvgIpc) is 2.99. The molecule has 0 spiro atoms. The molecule has 2 aromatic rings. The fourth-order valence-electron chi connectivity index (χ4n) is 3.92. The molecule has 0 amide bonds. The highest BCUT2D eigenvalue weighted by Crippen LogP contribution is 2.37. The van der Waals surface area contributed by atoms with Gasteiger partial charge in [0.05, 0.1) is 5.39 Å². The van der Waals surface area contributed by atoms with Gasteiger partial charge in [0.15, 0.2) is 0 Å². The van der Waals surface area contributed by atoms with Crippen molar-refractivity contribution < 1.29 is 9.53 Å². The Morgan fingerprint density at radius 2 is 1.85 bits per heavy atom. The van der Waals surface area contributed by atoms with Gasteiger partial charge in [-0.3, -0.25) is 0 Å². The van der Waals surface area contributed by atoms with Gasteiger partial charge < -0.3 is 14.5 Å². The van der Waals surface area contributed by atoms with Crippen LogP contribution in [0.4, 0.5) is 5.82 Å². The molecule has 2 fully saturated rings. The number of likely N-dealkylation sites (N-methyl/N-ethyl adjacent to an activating group) is 1. The van der Waals surface area contributed by atoms with E-state index in [-0.39, 0.29) is 17.4 Å². The average molecular weight is 409 g/mol. The molecule has 0 bridgehead atoms. The normalized spacial score (nSPS) is 19.6. The summed E-state index contributed by atoms with van der Waals surface area (Å²) in [5, 5.41) is 1.16. The minimum Gasteiger partial charge on any atom is -0.458 e. The van der Waals surface area contributed by atoms with Gasteiger partial charge in [-0.15, -0.1) is 11.3 Å². The number of halogens is 1. The summed E-state index contributed by atoms with van der Waals surface area (Å²) in [7, 11) is 2.12. The fourth-order valence-corrected chi connectivity index (χ4v) is 5.20. The lowest BCUT2D eigenvalue weighted by Crippen LogP contribution is -2.45. The number of hydrogen-bond acceptors (Lipinski definition) is 7. The number of hydrogen-bond donors (Lipinski definition) is 0. The van der Waals surface area contributed by atoms with E-state index in [0.717, 1.165) is 73.5 Å². The molecule has 0 radical (unpaired) electrons. The molecule has 3 heterocycles. The van der Waals surface area contributed by atoms with Gasteiger partial charge in [0.1, 0.15) is 21.6 Å². The van der Waals surface area contributed by atoms with E-state index in [4.69, 9.17) is 16.3 Å². The second kappa shape index (κ2) is 7.89. The number of aromatic nitrogens is 2. The molecular formula is C19H25ClN4O2S. The van der Waals surface area contributed by atoms with E-state index >= 15 is 0 Å². The highest BCUT2D eigenvalue weighted by atomic mass is 35.5. The number of anilines is 1. The third kappa shape index (κ3) is 3.91. The number of rotatable bonds is 3. The number of piperazine rings is 1. The SMILES string of the molecule is Cc1c(C(=O)OC2CCCCC2)sc2nc(Cl)nc(N3CCN(C)CC3)c12. The van der Waals surface area contributed by atoms with Gasteiger partial charge in [0.2, 0.25) is 5.28 Å². The second-order valence-corrected chi connectivity index (χ2v) is 8.85. The number of carbonyl (C=O) groups excluding carboxylic acids is 1. The van der Waals surface area contributed by atoms with Crippen molar-refractivity contribution in [2.75, 3.05) is 38.1 Å². The van der Waals surface area contributed by atoms with Crippen molar-refractivity contribution in [1.29, 1.82) is 0 Å². The van der Waals surface area contributed by atoms with E-state index in [2.05, 4.69) is 26.8 Å². The van der Waals surface area contributed by atoms with Crippen LogP contribution in [0.25, 0.3) is 10.2 Å². The van der Waals surface area contributed by atoms with Crippen LogP contribution >= 0.6 is 22.9 Å². The van der Waals surface area contributed by atoms with Crippen LogP contribution in [-0.2, 0) is 4.74 Å². The standard InChI is InChI=1S/C19H25ClN4O2S/c1-12-14-16(24-10-8-23(2)9-11-24)21-19(20)22-17(14)27-15(12)18(25)26-13-6-4-3-5-7-13/h13H,3-11H2,1-2H3. The molecule has 2 aromatic heterocycles. The molecular weight excluding hydrogens is 384 g/mol. The van der Waals surface area contributed by atoms with Crippen LogP contribution in [0.5, 0.6) is 0 Å². The maximum absolute atomic E-state index is 12.8. The second-order valence-electron chi connectivity index (χ2n) is 7.51. The topological polar surface area (TPSA) is 58.6 Å². The Balaban J connectivity index is 1.66. The monoisotopic (exact) mass is 408 g/mol. The third-order valence-corrected chi connectivity index (χ3v) is 6.89. The highest BCUT2D eigenvalue weighted by Gasteiger charge is 2.27. The smallest absolute Gasteiger partial charge is 0.348 e. The maximum atomic E-state index is 12.8. The lowest BCUT2D eigenvalue weighted by molar-refractivity contribution is 0.0216.